The van der Waals surface area contributed by atoms with E-state index in [0.717, 1.165) is 16.7 Å². The van der Waals surface area contributed by atoms with E-state index in [2.05, 4.69) is 46.7 Å². The average molecular weight is 439 g/mol. The zero-order chi connectivity index (χ0) is 23.0. The molecule has 3 saturated carbocycles. The highest BCUT2D eigenvalue weighted by Gasteiger charge is 2.56. The minimum absolute atomic E-state index is 0.00453. The van der Waals surface area contributed by atoms with Gasteiger partial charge in [0.1, 0.15) is 12.1 Å². The highest BCUT2D eigenvalue weighted by molar-refractivity contribution is 5.83. The summed E-state index contributed by atoms with van der Waals surface area (Å²) in [6.45, 7) is 8.43. The number of carbonyl (C=O) groups excluding carboxylic acids is 2. The maximum absolute atomic E-state index is 12.8. The molecule has 9 heteroatoms. The van der Waals surface area contributed by atoms with Gasteiger partial charge in [-0.25, -0.2) is 4.68 Å². The van der Waals surface area contributed by atoms with E-state index in [1.165, 1.54) is 12.6 Å². The summed E-state index contributed by atoms with van der Waals surface area (Å²) in [5.74, 6) is 1.33. The molecule has 3 aliphatic carbocycles. The van der Waals surface area contributed by atoms with E-state index in [9.17, 15) is 14.4 Å². The van der Waals surface area contributed by atoms with Gasteiger partial charge in [-0.2, -0.15) is 15.3 Å². The first-order valence-corrected chi connectivity index (χ1v) is 11.1. The molecule has 32 heavy (non-hydrogen) atoms. The highest BCUT2D eigenvalue weighted by atomic mass is 16.2. The minimum Gasteiger partial charge on any atom is -0.380 e. The Hall–Kier alpha value is -3.10. The zero-order valence-electron chi connectivity index (χ0n) is 18.9. The molecule has 2 N–H and O–H groups in total. The number of amides is 1. The monoisotopic (exact) mass is 438 g/mol. The van der Waals surface area contributed by atoms with Gasteiger partial charge in [0.15, 0.2) is 6.29 Å². The van der Waals surface area contributed by atoms with Gasteiger partial charge in [-0.15, -0.1) is 0 Å². The number of anilines is 1. The molecule has 5 rings (SSSR count). The minimum atomic E-state index is -0.577. The topological polar surface area (TPSA) is 119 Å². The van der Waals surface area contributed by atoms with Gasteiger partial charge in [-0.1, -0.05) is 20.8 Å². The lowest BCUT2D eigenvalue weighted by Crippen LogP contribution is -2.58. The van der Waals surface area contributed by atoms with Gasteiger partial charge in [-0.3, -0.25) is 14.4 Å². The van der Waals surface area contributed by atoms with Crippen LogP contribution in [0.1, 0.15) is 62.5 Å². The van der Waals surface area contributed by atoms with E-state index < -0.39 is 5.56 Å². The fourth-order valence-electron chi connectivity index (χ4n) is 5.45. The van der Waals surface area contributed by atoms with Crippen LogP contribution in [0, 0.1) is 23.2 Å². The third-order valence-electron chi connectivity index (χ3n) is 7.67. The lowest BCUT2D eigenvalue weighted by molar-refractivity contribution is -0.122. The Balaban J connectivity index is 1.45. The summed E-state index contributed by atoms with van der Waals surface area (Å²) in [6, 6.07) is 1.65. The summed E-state index contributed by atoms with van der Waals surface area (Å²) in [5.41, 5.74) is 1.01. The average Bonchev–Trinajstić information content (AvgIpc) is 2.77. The van der Waals surface area contributed by atoms with Crippen LogP contribution in [-0.2, 0) is 11.3 Å². The number of nitrogens with one attached hydrogen (secondary N) is 2. The molecule has 0 radical (unpaired) electrons. The highest BCUT2D eigenvalue weighted by Crippen LogP contribution is 2.61. The van der Waals surface area contributed by atoms with Gasteiger partial charge in [-0.05, 0) is 54.6 Å². The van der Waals surface area contributed by atoms with Gasteiger partial charge in [0, 0.05) is 12.2 Å². The van der Waals surface area contributed by atoms with Crippen LogP contribution in [0.3, 0.4) is 0 Å². The standard InChI is InChI=1S/C23H30N6O3/c1-13-18-7-16(23(18,3)4)8-19(13)28-20-10-26-29(22(32)17(20)12-30)11-21(31)27-14(2)15-5-6-24-25-9-15/h5-6,9-10,12-14,16,18-19,28H,7-8,11H2,1-4H3,(H,27,31)/t13-,14?,16+,18-,19-/m1/s1. The first-order chi connectivity index (χ1) is 15.2. The molecule has 0 saturated heterocycles. The smallest absolute Gasteiger partial charge is 0.279 e. The largest absolute Gasteiger partial charge is 0.380 e. The van der Waals surface area contributed by atoms with Crippen molar-refractivity contribution in [2.75, 3.05) is 5.32 Å². The Labute approximate surface area is 187 Å². The van der Waals surface area contributed by atoms with Crippen LogP contribution in [0.4, 0.5) is 5.69 Å². The van der Waals surface area contributed by atoms with Gasteiger partial charge >= 0.3 is 0 Å². The second-order valence-corrected chi connectivity index (χ2v) is 9.72. The van der Waals surface area contributed by atoms with E-state index in [0.29, 0.717) is 35.1 Å². The van der Waals surface area contributed by atoms with Crippen molar-refractivity contribution in [3.8, 4) is 0 Å². The van der Waals surface area contributed by atoms with Crippen molar-refractivity contribution in [1.82, 2.24) is 25.3 Å². The fourth-order valence-corrected chi connectivity index (χ4v) is 5.45. The van der Waals surface area contributed by atoms with Crippen molar-refractivity contribution in [3.05, 3.63) is 46.1 Å². The Morgan fingerprint density at radius 3 is 2.72 bits per heavy atom. The first-order valence-electron chi connectivity index (χ1n) is 11.1. The Morgan fingerprint density at radius 2 is 2.09 bits per heavy atom. The maximum atomic E-state index is 12.8. The third kappa shape index (κ3) is 3.91. The second-order valence-electron chi connectivity index (χ2n) is 9.72. The Kier molecular flexibility index (Phi) is 5.83. The molecule has 2 aromatic heterocycles. The fraction of sp³-hybridized carbons (Fsp3) is 0.565. The lowest BCUT2D eigenvalue weighted by atomic mass is 9.45. The van der Waals surface area contributed by atoms with E-state index in [1.54, 1.807) is 18.5 Å². The molecular formula is C23H30N6O3. The number of hydrogen-bond acceptors (Lipinski definition) is 7. The summed E-state index contributed by atoms with van der Waals surface area (Å²) in [5, 5.41) is 17.9. The quantitative estimate of drug-likeness (QED) is 0.636. The molecule has 9 nitrogen and oxygen atoms in total. The van der Waals surface area contributed by atoms with Gasteiger partial charge in [0.05, 0.1) is 24.1 Å². The van der Waals surface area contributed by atoms with E-state index >= 15 is 0 Å². The molecule has 170 valence electrons. The third-order valence-corrected chi connectivity index (χ3v) is 7.67. The summed E-state index contributed by atoms with van der Waals surface area (Å²) in [7, 11) is 0. The number of nitrogens with zero attached hydrogens (tertiary/aromatic N) is 4. The predicted molar refractivity (Wildman–Crippen MR) is 119 cm³/mol. The van der Waals surface area contributed by atoms with Crippen LogP contribution in [0.2, 0.25) is 0 Å². The van der Waals surface area contributed by atoms with Crippen LogP contribution in [0.15, 0.2) is 29.5 Å². The Bertz CT molecular complexity index is 1070. The molecule has 5 atom stereocenters. The normalized spacial score (nSPS) is 26.5. The molecule has 2 bridgehead atoms. The molecule has 0 spiro atoms. The molecule has 0 aromatic carbocycles. The molecule has 3 fully saturated rings. The van der Waals surface area contributed by atoms with Crippen molar-refractivity contribution >= 4 is 17.9 Å². The van der Waals surface area contributed by atoms with Gasteiger partial charge < -0.3 is 10.6 Å². The zero-order valence-corrected chi connectivity index (χ0v) is 18.9. The SMILES string of the molecule is CC(NC(=O)Cn1ncc(N[C@@H]2C[C@@H]3C[C@H]([C@H]2C)C3(C)C)c(C=O)c1=O)c1ccnnc1. The molecular weight excluding hydrogens is 408 g/mol. The van der Waals surface area contributed by atoms with Crippen molar-refractivity contribution in [1.29, 1.82) is 0 Å². The number of aromatic nitrogens is 4. The van der Waals surface area contributed by atoms with Crippen LogP contribution in [0.5, 0.6) is 0 Å². The predicted octanol–water partition coefficient (Wildman–Crippen LogP) is 2.21. The van der Waals surface area contributed by atoms with Gasteiger partial charge in [0.2, 0.25) is 5.91 Å². The summed E-state index contributed by atoms with van der Waals surface area (Å²) in [6.07, 6.45) is 7.39. The van der Waals surface area contributed by atoms with Gasteiger partial charge in [0.25, 0.3) is 5.56 Å². The molecule has 0 aliphatic heterocycles. The van der Waals surface area contributed by atoms with E-state index in [1.807, 2.05) is 6.92 Å². The summed E-state index contributed by atoms with van der Waals surface area (Å²) < 4.78 is 1.02. The molecule has 2 heterocycles. The molecule has 3 aliphatic rings. The number of carbonyl (C=O) groups is 2. The van der Waals surface area contributed by atoms with E-state index in [4.69, 9.17) is 0 Å². The molecule has 1 unspecified atom stereocenters. The first kappa shape index (κ1) is 22.1. The Morgan fingerprint density at radius 1 is 1.31 bits per heavy atom. The molecule has 1 amide bonds. The van der Waals surface area contributed by atoms with Crippen LogP contribution in [-0.4, -0.2) is 38.2 Å². The second kappa shape index (κ2) is 8.44. The number of rotatable bonds is 7. The number of fused-ring (bicyclic) bond motifs is 2. The van der Waals surface area contributed by atoms with Crippen molar-refractivity contribution in [3.63, 3.8) is 0 Å². The maximum Gasteiger partial charge on any atom is 0.279 e. The van der Waals surface area contributed by atoms with Crippen molar-refractivity contribution < 1.29 is 9.59 Å². The number of hydrogen-bond donors (Lipinski definition) is 2. The molecule has 2 aromatic rings. The summed E-state index contributed by atoms with van der Waals surface area (Å²) >= 11 is 0. The van der Waals surface area contributed by atoms with Crippen LogP contribution < -0.4 is 16.2 Å². The van der Waals surface area contributed by atoms with Crippen LogP contribution in [0.25, 0.3) is 0 Å². The lowest BCUT2D eigenvalue weighted by Gasteiger charge is -2.62. The number of aldehydes is 1. The van der Waals surface area contributed by atoms with Crippen molar-refractivity contribution in [2.24, 2.45) is 23.2 Å². The van der Waals surface area contributed by atoms with Crippen LogP contribution >= 0.6 is 0 Å². The van der Waals surface area contributed by atoms with E-state index in [-0.39, 0.29) is 30.1 Å². The van der Waals surface area contributed by atoms with Crippen molar-refractivity contribution in [2.45, 2.75) is 59.2 Å². The summed E-state index contributed by atoms with van der Waals surface area (Å²) in [4.78, 5) is 37.0.